The maximum absolute atomic E-state index is 5.69. The van der Waals surface area contributed by atoms with E-state index in [1.807, 2.05) is 77.5 Å². The summed E-state index contributed by atoms with van der Waals surface area (Å²) in [5, 5.41) is 12.1. The number of hydrogen-bond donors (Lipinski definition) is 1. The Morgan fingerprint density at radius 1 is 1.00 bits per heavy atom. The maximum atomic E-state index is 5.69. The molecule has 0 spiro atoms. The van der Waals surface area contributed by atoms with Crippen molar-refractivity contribution in [3.8, 4) is 0 Å². The van der Waals surface area contributed by atoms with Crippen molar-refractivity contribution in [1.29, 1.82) is 0 Å². The fourth-order valence-electron chi connectivity index (χ4n) is 2.99. The van der Waals surface area contributed by atoms with Crippen molar-refractivity contribution in [2.45, 2.75) is 12.1 Å². The molecule has 25 heavy (non-hydrogen) atoms. The van der Waals surface area contributed by atoms with Crippen molar-refractivity contribution in [3.05, 3.63) is 91.4 Å². The number of anilines is 1. The fraction of sp³-hybridized carbons (Fsp3) is 0.100. The number of furan rings is 1. The summed E-state index contributed by atoms with van der Waals surface area (Å²) in [7, 11) is 0. The molecule has 0 saturated carbocycles. The van der Waals surface area contributed by atoms with Gasteiger partial charge < -0.3 is 9.73 Å². The smallest absolute Gasteiger partial charge is 0.128 e. The van der Waals surface area contributed by atoms with Gasteiger partial charge in [0.2, 0.25) is 0 Å². The molecule has 5 heteroatoms. The fourth-order valence-corrected chi connectivity index (χ4v) is 2.99. The van der Waals surface area contributed by atoms with Gasteiger partial charge in [0, 0.05) is 5.69 Å². The third-order valence-corrected chi connectivity index (χ3v) is 4.19. The lowest BCUT2D eigenvalue weighted by Gasteiger charge is -2.25. The SMILES string of the molecule is C=CC(C(Nc1ccccc1)c1ccco1)n1nnc2ccccc21. The molecular weight excluding hydrogens is 312 g/mol. The molecular formula is C20H18N4O. The lowest BCUT2D eigenvalue weighted by atomic mass is 10.0. The Kier molecular flexibility index (Phi) is 4.04. The molecule has 2 heterocycles. The summed E-state index contributed by atoms with van der Waals surface area (Å²) < 4.78 is 7.57. The second kappa shape index (κ2) is 6.65. The van der Waals surface area contributed by atoms with Gasteiger partial charge in [-0.05, 0) is 36.4 Å². The highest BCUT2D eigenvalue weighted by atomic mass is 16.3. The van der Waals surface area contributed by atoms with Gasteiger partial charge in [-0.1, -0.05) is 41.6 Å². The molecule has 0 amide bonds. The molecule has 0 fully saturated rings. The molecule has 0 aliphatic rings. The summed E-state index contributed by atoms with van der Waals surface area (Å²) in [6.45, 7) is 4.03. The minimum absolute atomic E-state index is 0.167. The van der Waals surface area contributed by atoms with Gasteiger partial charge in [-0.25, -0.2) is 4.68 Å². The summed E-state index contributed by atoms with van der Waals surface area (Å²) in [5.74, 6) is 0.813. The minimum atomic E-state index is -0.168. The van der Waals surface area contributed by atoms with Gasteiger partial charge in [-0.3, -0.25) is 0 Å². The average molecular weight is 330 g/mol. The summed E-state index contributed by atoms with van der Waals surface area (Å²) in [4.78, 5) is 0. The Hall–Kier alpha value is -3.34. The van der Waals surface area contributed by atoms with Crippen LogP contribution in [0.3, 0.4) is 0 Å². The highest BCUT2D eigenvalue weighted by molar-refractivity contribution is 5.74. The molecule has 124 valence electrons. The van der Waals surface area contributed by atoms with E-state index < -0.39 is 0 Å². The zero-order valence-corrected chi connectivity index (χ0v) is 13.6. The lowest BCUT2D eigenvalue weighted by molar-refractivity contribution is 0.402. The van der Waals surface area contributed by atoms with Crippen LogP contribution in [0.15, 0.2) is 90.1 Å². The number of aromatic nitrogens is 3. The van der Waals surface area contributed by atoms with Crippen LogP contribution in [0.2, 0.25) is 0 Å². The Bertz CT molecular complexity index is 960. The number of rotatable bonds is 6. The second-order valence-electron chi connectivity index (χ2n) is 5.75. The molecule has 2 aromatic carbocycles. The molecule has 4 rings (SSSR count). The van der Waals surface area contributed by atoms with Crippen LogP contribution in [0.1, 0.15) is 17.8 Å². The Balaban J connectivity index is 1.78. The van der Waals surface area contributed by atoms with E-state index in [4.69, 9.17) is 4.42 Å². The van der Waals surface area contributed by atoms with Crippen molar-refractivity contribution in [2.75, 3.05) is 5.32 Å². The van der Waals surface area contributed by atoms with Crippen molar-refractivity contribution in [3.63, 3.8) is 0 Å². The van der Waals surface area contributed by atoms with Crippen LogP contribution >= 0.6 is 0 Å². The topological polar surface area (TPSA) is 55.9 Å². The Morgan fingerprint density at radius 2 is 1.80 bits per heavy atom. The first-order chi connectivity index (χ1) is 12.4. The summed E-state index contributed by atoms with van der Waals surface area (Å²) >= 11 is 0. The number of para-hydroxylation sites is 2. The van der Waals surface area contributed by atoms with E-state index in [1.165, 1.54) is 0 Å². The molecule has 0 aliphatic carbocycles. The predicted molar refractivity (Wildman–Crippen MR) is 98.3 cm³/mol. The summed E-state index contributed by atoms with van der Waals surface area (Å²) in [6.07, 6.45) is 3.54. The maximum Gasteiger partial charge on any atom is 0.128 e. The molecule has 2 atom stereocenters. The van der Waals surface area contributed by atoms with Crippen LogP contribution in [-0.4, -0.2) is 15.0 Å². The highest BCUT2D eigenvalue weighted by Crippen LogP contribution is 2.32. The zero-order valence-electron chi connectivity index (χ0n) is 13.6. The molecule has 2 aromatic heterocycles. The van der Waals surface area contributed by atoms with E-state index in [2.05, 4.69) is 22.2 Å². The number of nitrogens with one attached hydrogen (secondary N) is 1. The number of fused-ring (bicyclic) bond motifs is 1. The third-order valence-electron chi connectivity index (χ3n) is 4.19. The van der Waals surface area contributed by atoms with Crippen LogP contribution < -0.4 is 5.32 Å². The van der Waals surface area contributed by atoms with Crippen LogP contribution in [0.25, 0.3) is 11.0 Å². The zero-order chi connectivity index (χ0) is 17.1. The highest BCUT2D eigenvalue weighted by Gasteiger charge is 2.27. The molecule has 0 aliphatic heterocycles. The van der Waals surface area contributed by atoms with Crippen LogP contribution in [-0.2, 0) is 0 Å². The standard InChI is InChI=1S/C20H18N4O/c1-2-17(24-18-12-7-6-11-16(18)22-23-24)20(19-13-8-14-25-19)21-15-9-4-3-5-10-15/h2-14,17,20-21H,1H2. The van der Waals surface area contributed by atoms with E-state index in [1.54, 1.807) is 6.26 Å². The van der Waals surface area contributed by atoms with Crippen molar-refractivity contribution in [2.24, 2.45) is 0 Å². The average Bonchev–Trinajstić information content (AvgIpc) is 3.33. The van der Waals surface area contributed by atoms with Crippen molar-refractivity contribution >= 4 is 16.7 Å². The van der Waals surface area contributed by atoms with Gasteiger partial charge >= 0.3 is 0 Å². The quantitative estimate of drug-likeness (QED) is 0.525. The van der Waals surface area contributed by atoms with Crippen LogP contribution in [0, 0.1) is 0 Å². The van der Waals surface area contributed by atoms with E-state index in [0.29, 0.717) is 0 Å². The predicted octanol–water partition coefficient (Wildman–Crippen LogP) is 4.60. The van der Waals surface area contributed by atoms with E-state index >= 15 is 0 Å². The normalized spacial score (nSPS) is 13.4. The number of nitrogens with zero attached hydrogens (tertiary/aromatic N) is 3. The number of hydrogen-bond acceptors (Lipinski definition) is 4. The van der Waals surface area contributed by atoms with Crippen molar-refractivity contribution in [1.82, 2.24) is 15.0 Å². The van der Waals surface area contributed by atoms with Gasteiger partial charge in [0.1, 0.15) is 17.3 Å². The van der Waals surface area contributed by atoms with Gasteiger partial charge in [0.05, 0.1) is 17.8 Å². The monoisotopic (exact) mass is 330 g/mol. The molecule has 1 N–H and O–H groups in total. The second-order valence-corrected chi connectivity index (χ2v) is 5.75. The number of benzene rings is 2. The summed E-state index contributed by atoms with van der Waals surface area (Å²) in [6, 6.07) is 21.4. The molecule has 2 unspecified atom stereocenters. The van der Waals surface area contributed by atoms with E-state index in [9.17, 15) is 0 Å². The molecule has 4 aromatic rings. The Labute approximate surface area is 145 Å². The molecule has 5 nitrogen and oxygen atoms in total. The van der Waals surface area contributed by atoms with Crippen LogP contribution in [0.4, 0.5) is 5.69 Å². The van der Waals surface area contributed by atoms with Crippen molar-refractivity contribution < 1.29 is 4.42 Å². The van der Waals surface area contributed by atoms with Gasteiger partial charge in [-0.15, -0.1) is 11.7 Å². The molecule has 0 radical (unpaired) electrons. The van der Waals surface area contributed by atoms with Crippen LogP contribution in [0.5, 0.6) is 0 Å². The third kappa shape index (κ3) is 2.92. The van der Waals surface area contributed by atoms with Gasteiger partial charge in [-0.2, -0.15) is 0 Å². The first-order valence-electron chi connectivity index (χ1n) is 8.14. The first kappa shape index (κ1) is 15.2. The molecule has 0 saturated heterocycles. The van der Waals surface area contributed by atoms with E-state index in [0.717, 1.165) is 22.5 Å². The van der Waals surface area contributed by atoms with Gasteiger partial charge in [0.25, 0.3) is 0 Å². The van der Waals surface area contributed by atoms with Gasteiger partial charge in [0.15, 0.2) is 0 Å². The summed E-state index contributed by atoms with van der Waals surface area (Å²) in [5.41, 5.74) is 2.81. The lowest BCUT2D eigenvalue weighted by Crippen LogP contribution is -2.23. The molecule has 0 bridgehead atoms. The minimum Gasteiger partial charge on any atom is -0.467 e. The Morgan fingerprint density at radius 3 is 2.56 bits per heavy atom. The van der Waals surface area contributed by atoms with E-state index in [-0.39, 0.29) is 12.1 Å². The first-order valence-corrected chi connectivity index (χ1v) is 8.14. The largest absolute Gasteiger partial charge is 0.467 e.